The summed E-state index contributed by atoms with van der Waals surface area (Å²) >= 11 is 0. The molecule has 1 aromatic heterocycles. The molecule has 0 bridgehead atoms. The average Bonchev–Trinajstić information content (AvgIpc) is 2.82. The molecule has 1 aliphatic heterocycles. The van der Waals surface area contributed by atoms with Gasteiger partial charge in [0, 0.05) is 31.4 Å². The van der Waals surface area contributed by atoms with Crippen molar-refractivity contribution in [3.8, 4) is 0 Å². The van der Waals surface area contributed by atoms with E-state index in [1.807, 2.05) is 12.1 Å². The average molecular weight is 289 g/mol. The van der Waals surface area contributed by atoms with Gasteiger partial charge in [-0.05, 0) is 29.5 Å². The summed E-state index contributed by atoms with van der Waals surface area (Å²) in [5, 5.41) is 5.69. The third-order valence-corrected chi connectivity index (χ3v) is 4.04. The van der Waals surface area contributed by atoms with Crippen molar-refractivity contribution in [1.82, 2.24) is 15.6 Å². The van der Waals surface area contributed by atoms with E-state index in [0.29, 0.717) is 13.1 Å². The molecule has 2 heterocycles. The first kappa shape index (κ1) is 15.5. The molecule has 2 unspecified atom stereocenters. The minimum absolute atomic E-state index is 0.0333. The lowest BCUT2D eigenvalue weighted by molar-refractivity contribution is -0.135. The van der Waals surface area contributed by atoms with E-state index < -0.39 is 5.92 Å². The maximum Gasteiger partial charge on any atom is 0.232 e. The predicted molar refractivity (Wildman–Crippen MR) is 80.4 cm³/mol. The summed E-state index contributed by atoms with van der Waals surface area (Å²) in [6.45, 7) is 7.30. The number of carbonyl (C=O) groups excluding carboxylic acids is 2. The van der Waals surface area contributed by atoms with Crippen molar-refractivity contribution in [2.75, 3.05) is 13.1 Å². The largest absolute Gasteiger partial charge is 0.355 e. The zero-order chi connectivity index (χ0) is 15.5. The Morgan fingerprint density at radius 3 is 2.67 bits per heavy atom. The quantitative estimate of drug-likeness (QED) is 0.817. The van der Waals surface area contributed by atoms with Crippen LogP contribution in [0.2, 0.25) is 0 Å². The molecule has 114 valence electrons. The van der Waals surface area contributed by atoms with Crippen LogP contribution in [0.4, 0.5) is 0 Å². The summed E-state index contributed by atoms with van der Waals surface area (Å²) in [5.41, 5.74) is 1.04. The van der Waals surface area contributed by atoms with Gasteiger partial charge in [-0.3, -0.25) is 14.6 Å². The molecule has 1 aromatic rings. The maximum absolute atomic E-state index is 12.3. The second-order valence-corrected chi connectivity index (χ2v) is 6.59. The minimum atomic E-state index is -0.581. The van der Waals surface area contributed by atoms with E-state index in [2.05, 4.69) is 36.4 Å². The molecule has 21 heavy (non-hydrogen) atoms. The van der Waals surface area contributed by atoms with Gasteiger partial charge in [-0.2, -0.15) is 0 Å². The smallest absolute Gasteiger partial charge is 0.232 e. The molecule has 0 aliphatic carbocycles. The summed E-state index contributed by atoms with van der Waals surface area (Å²) in [6, 6.07) is 3.85. The third kappa shape index (κ3) is 3.80. The Morgan fingerprint density at radius 2 is 2.05 bits per heavy atom. The lowest BCUT2D eigenvalue weighted by Gasteiger charge is -2.29. The molecule has 0 aromatic carbocycles. The number of nitrogens with zero attached hydrogens (tertiary/aromatic N) is 1. The molecule has 1 fully saturated rings. The molecular formula is C16H23N3O2. The molecule has 0 saturated carbocycles. The van der Waals surface area contributed by atoms with Crippen molar-refractivity contribution in [2.24, 2.45) is 17.3 Å². The van der Waals surface area contributed by atoms with Crippen LogP contribution >= 0.6 is 0 Å². The number of rotatable bonds is 4. The first-order valence-corrected chi connectivity index (χ1v) is 7.34. The number of carbonyl (C=O) groups is 2. The van der Waals surface area contributed by atoms with Gasteiger partial charge in [-0.25, -0.2) is 0 Å². The van der Waals surface area contributed by atoms with E-state index in [9.17, 15) is 9.59 Å². The number of hydrogen-bond acceptors (Lipinski definition) is 3. The normalized spacial score (nSPS) is 22.0. The van der Waals surface area contributed by atoms with Crippen LogP contribution in [-0.4, -0.2) is 29.9 Å². The monoisotopic (exact) mass is 289 g/mol. The van der Waals surface area contributed by atoms with Crippen molar-refractivity contribution >= 4 is 11.8 Å². The first-order chi connectivity index (χ1) is 9.89. The number of pyridine rings is 1. The summed E-state index contributed by atoms with van der Waals surface area (Å²) < 4.78 is 0. The Hall–Kier alpha value is -1.91. The fourth-order valence-electron chi connectivity index (χ4n) is 2.72. The van der Waals surface area contributed by atoms with Crippen LogP contribution in [0.15, 0.2) is 24.5 Å². The van der Waals surface area contributed by atoms with E-state index in [4.69, 9.17) is 0 Å². The summed E-state index contributed by atoms with van der Waals surface area (Å²) in [7, 11) is 0. The van der Waals surface area contributed by atoms with Gasteiger partial charge in [-0.1, -0.05) is 20.8 Å². The molecule has 2 rings (SSSR count). The Morgan fingerprint density at radius 1 is 1.38 bits per heavy atom. The van der Waals surface area contributed by atoms with Gasteiger partial charge in [-0.15, -0.1) is 0 Å². The number of aromatic nitrogens is 1. The molecular weight excluding hydrogens is 266 g/mol. The molecule has 0 spiro atoms. The summed E-state index contributed by atoms with van der Waals surface area (Å²) in [4.78, 5) is 28.2. The highest BCUT2D eigenvalue weighted by atomic mass is 16.2. The Labute approximate surface area is 125 Å². The van der Waals surface area contributed by atoms with E-state index in [1.54, 1.807) is 12.4 Å². The predicted octanol–water partition coefficient (Wildman–Crippen LogP) is 1.15. The van der Waals surface area contributed by atoms with Gasteiger partial charge in [0.15, 0.2) is 0 Å². The SMILES string of the molecule is CC(C)(C)C1CNC(=O)C1C(=O)NCCc1ccncc1. The zero-order valence-electron chi connectivity index (χ0n) is 12.8. The standard InChI is InChI=1S/C16H23N3O2/c1-16(2,3)12-10-19-15(21)13(12)14(20)18-9-6-11-4-7-17-8-5-11/h4-5,7-8,12-13H,6,9-10H2,1-3H3,(H,18,20)(H,19,21). The van der Waals surface area contributed by atoms with Gasteiger partial charge in [0.1, 0.15) is 5.92 Å². The lowest BCUT2D eigenvalue weighted by Crippen LogP contribution is -2.41. The second kappa shape index (κ2) is 6.24. The highest BCUT2D eigenvalue weighted by Gasteiger charge is 2.45. The molecule has 1 saturated heterocycles. The van der Waals surface area contributed by atoms with E-state index >= 15 is 0 Å². The van der Waals surface area contributed by atoms with Crippen LogP contribution < -0.4 is 10.6 Å². The van der Waals surface area contributed by atoms with Gasteiger partial charge in [0.2, 0.25) is 11.8 Å². The van der Waals surface area contributed by atoms with Crippen LogP contribution in [0.1, 0.15) is 26.3 Å². The van der Waals surface area contributed by atoms with Crippen molar-refractivity contribution < 1.29 is 9.59 Å². The fraction of sp³-hybridized carbons (Fsp3) is 0.562. The molecule has 5 heteroatoms. The van der Waals surface area contributed by atoms with Gasteiger partial charge >= 0.3 is 0 Å². The lowest BCUT2D eigenvalue weighted by atomic mass is 9.74. The van der Waals surface area contributed by atoms with Crippen molar-refractivity contribution in [2.45, 2.75) is 27.2 Å². The van der Waals surface area contributed by atoms with Crippen LogP contribution in [0.25, 0.3) is 0 Å². The van der Waals surface area contributed by atoms with Gasteiger partial charge < -0.3 is 10.6 Å². The van der Waals surface area contributed by atoms with Crippen LogP contribution in [0.3, 0.4) is 0 Å². The Balaban J connectivity index is 1.91. The highest BCUT2D eigenvalue weighted by Crippen LogP contribution is 2.35. The summed E-state index contributed by atoms with van der Waals surface area (Å²) in [6.07, 6.45) is 4.21. The Kier molecular flexibility index (Phi) is 4.60. The van der Waals surface area contributed by atoms with E-state index in [1.165, 1.54) is 0 Å². The molecule has 2 atom stereocenters. The van der Waals surface area contributed by atoms with Crippen molar-refractivity contribution in [3.63, 3.8) is 0 Å². The third-order valence-electron chi connectivity index (χ3n) is 4.04. The molecule has 0 radical (unpaired) electrons. The Bertz CT molecular complexity index is 508. The summed E-state index contributed by atoms with van der Waals surface area (Å²) in [5.74, 6) is -0.872. The number of amides is 2. The second-order valence-electron chi connectivity index (χ2n) is 6.59. The van der Waals surface area contributed by atoms with Crippen LogP contribution in [0, 0.1) is 17.3 Å². The fourth-order valence-corrected chi connectivity index (χ4v) is 2.72. The minimum Gasteiger partial charge on any atom is -0.355 e. The van der Waals surface area contributed by atoms with E-state index in [0.717, 1.165) is 12.0 Å². The molecule has 2 amide bonds. The van der Waals surface area contributed by atoms with Gasteiger partial charge in [0.05, 0.1) is 0 Å². The van der Waals surface area contributed by atoms with Crippen molar-refractivity contribution in [3.05, 3.63) is 30.1 Å². The molecule has 1 aliphatic rings. The molecule has 5 nitrogen and oxygen atoms in total. The molecule has 2 N–H and O–H groups in total. The van der Waals surface area contributed by atoms with Crippen molar-refractivity contribution in [1.29, 1.82) is 0 Å². The van der Waals surface area contributed by atoms with Crippen LogP contribution in [-0.2, 0) is 16.0 Å². The maximum atomic E-state index is 12.3. The van der Waals surface area contributed by atoms with Crippen LogP contribution in [0.5, 0.6) is 0 Å². The number of hydrogen-bond donors (Lipinski definition) is 2. The first-order valence-electron chi connectivity index (χ1n) is 7.34. The van der Waals surface area contributed by atoms with E-state index in [-0.39, 0.29) is 23.1 Å². The zero-order valence-corrected chi connectivity index (χ0v) is 12.8. The topological polar surface area (TPSA) is 71.1 Å². The number of nitrogens with one attached hydrogen (secondary N) is 2. The highest BCUT2D eigenvalue weighted by molar-refractivity contribution is 6.02. The van der Waals surface area contributed by atoms with Gasteiger partial charge in [0.25, 0.3) is 0 Å².